The minimum absolute atomic E-state index is 0.0685. The summed E-state index contributed by atoms with van der Waals surface area (Å²) in [7, 11) is 1.52. The molecule has 1 aliphatic heterocycles. The van der Waals surface area contributed by atoms with Gasteiger partial charge in [0.1, 0.15) is 12.2 Å². The van der Waals surface area contributed by atoms with E-state index in [-0.39, 0.29) is 24.0 Å². The molecule has 0 saturated carbocycles. The molecule has 0 aromatic rings. The van der Waals surface area contributed by atoms with Crippen molar-refractivity contribution in [3.63, 3.8) is 0 Å². The first kappa shape index (κ1) is 20.5. The monoisotopic (exact) mass is 364 g/mol. The van der Waals surface area contributed by atoms with E-state index in [2.05, 4.69) is 23.5 Å². The fourth-order valence-electron chi connectivity index (χ4n) is 3.55. The molecule has 1 fully saturated rings. The van der Waals surface area contributed by atoms with Crippen LogP contribution < -0.4 is 5.32 Å². The summed E-state index contributed by atoms with van der Waals surface area (Å²) in [6.07, 6.45) is 9.84. The molecular weight excluding hydrogens is 332 g/mol. The first-order valence-corrected chi connectivity index (χ1v) is 9.35. The number of likely N-dealkylation sites (tertiary alicyclic amines) is 1. The Hall–Kier alpha value is -1.82. The summed E-state index contributed by atoms with van der Waals surface area (Å²) in [5, 5.41) is 3.01. The summed E-state index contributed by atoms with van der Waals surface area (Å²) in [5.74, 6) is -0.103. The average molecular weight is 364 g/mol. The Morgan fingerprint density at radius 1 is 1.27 bits per heavy atom. The van der Waals surface area contributed by atoms with E-state index in [1.54, 1.807) is 4.90 Å². The van der Waals surface area contributed by atoms with Crippen molar-refractivity contribution in [2.24, 2.45) is 5.41 Å². The van der Waals surface area contributed by atoms with E-state index in [1.165, 1.54) is 12.7 Å². The third-order valence-electron chi connectivity index (χ3n) is 4.97. The predicted octanol–water partition coefficient (Wildman–Crippen LogP) is 3.04. The van der Waals surface area contributed by atoms with Crippen molar-refractivity contribution in [2.75, 3.05) is 33.4 Å². The van der Waals surface area contributed by atoms with Gasteiger partial charge in [0.05, 0.1) is 0 Å². The molecule has 1 heterocycles. The van der Waals surface area contributed by atoms with E-state index < -0.39 is 5.60 Å². The van der Waals surface area contributed by atoms with Gasteiger partial charge < -0.3 is 19.7 Å². The van der Waals surface area contributed by atoms with Crippen LogP contribution in [0.4, 0.5) is 4.79 Å². The number of amides is 2. The number of nitrogens with one attached hydrogen (secondary N) is 1. The average Bonchev–Trinajstić information content (AvgIpc) is 2.60. The molecule has 1 saturated heterocycles. The molecule has 2 aliphatic rings. The van der Waals surface area contributed by atoms with Crippen LogP contribution in [0.1, 0.15) is 46.5 Å². The smallest absolute Gasteiger partial charge is 0.410 e. The number of rotatable bonds is 5. The van der Waals surface area contributed by atoms with Crippen LogP contribution in [-0.2, 0) is 14.3 Å². The maximum Gasteiger partial charge on any atom is 0.410 e. The van der Waals surface area contributed by atoms with Crippen LogP contribution in [0.15, 0.2) is 23.8 Å². The van der Waals surface area contributed by atoms with Gasteiger partial charge in [0.2, 0.25) is 5.91 Å². The van der Waals surface area contributed by atoms with E-state index >= 15 is 0 Å². The summed E-state index contributed by atoms with van der Waals surface area (Å²) in [6.45, 7) is 7.55. The minimum atomic E-state index is -0.490. The molecule has 0 spiro atoms. The van der Waals surface area contributed by atoms with Gasteiger partial charge in [-0.2, -0.15) is 0 Å². The molecule has 26 heavy (non-hydrogen) atoms. The fraction of sp³-hybridized carbons (Fsp3) is 0.700. The zero-order valence-corrected chi connectivity index (χ0v) is 16.5. The van der Waals surface area contributed by atoms with Crippen LogP contribution >= 0.6 is 0 Å². The molecule has 146 valence electrons. The van der Waals surface area contributed by atoms with Crippen LogP contribution in [0.25, 0.3) is 0 Å². The van der Waals surface area contributed by atoms with Crippen molar-refractivity contribution >= 4 is 12.0 Å². The molecule has 0 aromatic heterocycles. The zero-order valence-electron chi connectivity index (χ0n) is 16.5. The number of nitrogens with zero attached hydrogens (tertiary/aromatic N) is 1. The van der Waals surface area contributed by atoms with Crippen molar-refractivity contribution in [1.82, 2.24) is 10.2 Å². The van der Waals surface area contributed by atoms with Gasteiger partial charge in [-0.15, -0.1) is 0 Å². The van der Waals surface area contributed by atoms with E-state index in [0.29, 0.717) is 19.6 Å². The summed E-state index contributed by atoms with van der Waals surface area (Å²) >= 11 is 0. The van der Waals surface area contributed by atoms with Crippen molar-refractivity contribution in [1.29, 1.82) is 0 Å². The number of piperidine rings is 1. The normalized spacial score (nSPS) is 19.7. The highest BCUT2D eigenvalue weighted by Gasteiger charge is 2.39. The molecule has 6 heteroatoms. The zero-order chi connectivity index (χ0) is 19.2. The Morgan fingerprint density at radius 2 is 1.96 bits per heavy atom. The molecular formula is C20H32N2O4. The number of hydrogen-bond donors (Lipinski definition) is 1. The predicted molar refractivity (Wildman–Crippen MR) is 101 cm³/mol. The number of carbonyl (C=O) groups is 2. The first-order chi connectivity index (χ1) is 12.3. The Balaban J connectivity index is 2.05. The lowest BCUT2D eigenvalue weighted by Crippen LogP contribution is -2.50. The highest BCUT2D eigenvalue weighted by atomic mass is 16.6. The lowest BCUT2D eigenvalue weighted by Gasteiger charge is -2.44. The molecule has 0 radical (unpaired) electrons. The maximum atomic E-state index is 12.3. The highest BCUT2D eigenvalue weighted by Crippen LogP contribution is 2.41. The van der Waals surface area contributed by atoms with Crippen LogP contribution in [0.5, 0.6) is 0 Å². The lowest BCUT2D eigenvalue weighted by atomic mass is 9.70. The standard InChI is InChI=1S/C20H32N2O4/c1-19(2,3)26-18(24)22-12-10-20(11-13-22,15-21-17(23)14-25-4)16-8-6-5-7-9-16/h5-6,8H,7,9-15H2,1-4H3,(H,21,23). The number of methoxy groups -OCH3 is 1. The second-order valence-corrected chi connectivity index (χ2v) is 8.12. The van der Waals surface area contributed by atoms with Gasteiger partial charge in [0, 0.05) is 32.2 Å². The third-order valence-corrected chi connectivity index (χ3v) is 4.97. The van der Waals surface area contributed by atoms with Crippen molar-refractivity contribution in [2.45, 2.75) is 52.1 Å². The van der Waals surface area contributed by atoms with Gasteiger partial charge >= 0.3 is 6.09 Å². The van der Waals surface area contributed by atoms with Gasteiger partial charge in [0.25, 0.3) is 0 Å². The highest BCUT2D eigenvalue weighted by molar-refractivity contribution is 5.77. The summed E-state index contributed by atoms with van der Waals surface area (Å²) in [5.41, 5.74) is 0.768. The van der Waals surface area contributed by atoms with Crippen molar-refractivity contribution in [3.05, 3.63) is 23.8 Å². The van der Waals surface area contributed by atoms with Crippen molar-refractivity contribution in [3.8, 4) is 0 Å². The Bertz CT molecular complexity index is 567. The van der Waals surface area contributed by atoms with E-state index in [1.807, 2.05) is 20.8 Å². The molecule has 6 nitrogen and oxygen atoms in total. The Morgan fingerprint density at radius 3 is 2.50 bits per heavy atom. The van der Waals surface area contributed by atoms with E-state index in [9.17, 15) is 9.59 Å². The largest absolute Gasteiger partial charge is 0.444 e. The molecule has 0 bridgehead atoms. The van der Waals surface area contributed by atoms with E-state index in [0.717, 1.165) is 25.7 Å². The van der Waals surface area contributed by atoms with Crippen LogP contribution in [0.2, 0.25) is 0 Å². The molecule has 0 aromatic carbocycles. The molecule has 0 unspecified atom stereocenters. The van der Waals surface area contributed by atoms with E-state index in [4.69, 9.17) is 9.47 Å². The maximum absolute atomic E-state index is 12.3. The molecule has 0 atom stereocenters. The summed E-state index contributed by atoms with van der Waals surface area (Å²) < 4.78 is 10.4. The first-order valence-electron chi connectivity index (χ1n) is 9.35. The number of carbonyl (C=O) groups excluding carboxylic acids is 2. The summed E-state index contributed by atoms with van der Waals surface area (Å²) in [6, 6.07) is 0. The lowest BCUT2D eigenvalue weighted by molar-refractivity contribution is -0.125. The SMILES string of the molecule is COCC(=O)NCC1(C2=CC=CCC2)CCN(C(=O)OC(C)(C)C)CC1. The second kappa shape index (κ2) is 8.71. The second-order valence-electron chi connectivity index (χ2n) is 8.12. The van der Waals surface area contributed by atoms with Gasteiger partial charge in [-0.3, -0.25) is 4.79 Å². The van der Waals surface area contributed by atoms with Crippen LogP contribution in [0.3, 0.4) is 0 Å². The van der Waals surface area contributed by atoms with Crippen LogP contribution in [0, 0.1) is 5.41 Å². The van der Waals surface area contributed by atoms with Gasteiger partial charge in [-0.1, -0.05) is 23.8 Å². The Kier molecular flexibility index (Phi) is 6.87. The number of allylic oxidation sites excluding steroid dienone is 3. The fourth-order valence-corrected chi connectivity index (χ4v) is 3.55. The quantitative estimate of drug-likeness (QED) is 0.814. The summed E-state index contributed by atoms with van der Waals surface area (Å²) in [4.78, 5) is 26.0. The molecule has 1 N–H and O–H groups in total. The molecule has 2 rings (SSSR count). The number of ether oxygens (including phenoxy) is 2. The van der Waals surface area contributed by atoms with Crippen molar-refractivity contribution < 1.29 is 19.1 Å². The van der Waals surface area contributed by atoms with Crippen LogP contribution in [-0.4, -0.2) is 55.9 Å². The molecule has 1 aliphatic carbocycles. The van der Waals surface area contributed by atoms with Gasteiger partial charge in [-0.25, -0.2) is 4.79 Å². The Labute approximate surface area is 156 Å². The van der Waals surface area contributed by atoms with Gasteiger partial charge in [0.15, 0.2) is 0 Å². The topological polar surface area (TPSA) is 67.9 Å². The van der Waals surface area contributed by atoms with Gasteiger partial charge in [-0.05, 0) is 46.5 Å². The number of hydrogen-bond acceptors (Lipinski definition) is 4. The minimum Gasteiger partial charge on any atom is -0.444 e. The third kappa shape index (κ3) is 5.59. The molecule has 2 amide bonds.